The van der Waals surface area contributed by atoms with E-state index in [1.807, 2.05) is 6.07 Å². The largest absolute Gasteiger partial charge is 0.379 e. The minimum atomic E-state index is 0.284. The predicted octanol–water partition coefficient (Wildman–Crippen LogP) is 1.41. The van der Waals surface area contributed by atoms with Gasteiger partial charge in [-0.15, -0.1) is 0 Å². The molecule has 17 heavy (non-hydrogen) atoms. The second-order valence-electron chi connectivity index (χ2n) is 3.63. The molecule has 0 aromatic carbocycles. The highest BCUT2D eigenvalue weighted by atomic mass is 35.5. The van der Waals surface area contributed by atoms with Crippen LogP contribution in [0.4, 0.5) is 5.13 Å². The van der Waals surface area contributed by atoms with Crippen molar-refractivity contribution in [1.29, 1.82) is 5.26 Å². The molecule has 5 nitrogen and oxygen atoms in total. The minimum Gasteiger partial charge on any atom is -0.379 e. The molecule has 1 aromatic heterocycles. The Kier molecular flexibility index (Phi) is 4.57. The minimum absolute atomic E-state index is 0.284. The molecular formula is C10H13ClN4OS. The van der Waals surface area contributed by atoms with Crippen molar-refractivity contribution in [2.45, 2.75) is 0 Å². The molecule has 1 N–H and O–H groups in total. The lowest BCUT2D eigenvalue weighted by Gasteiger charge is -2.26. The smallest absolute Gasteiger partial charge is 0.185 e. The lowest BCUT2D eigenvalue weighted by Crippen LogP contribution is -2.38. The normalized spacial score (nSPS) is 16.7. The molecule has 0 radical (unpaired) electrons. The van der Waals surface area contributed by atoms with Gasteiger partial charge in [-0.25, -0.2) is 4.98 Å². The van der Waals surface area contributed by atoms with Crippen LogP contribution in [0.25, 0.3) is 0 Å². The van der Waals surface area contributed by atoms with Gasteiger partial charge in [0.15, 0.2) is 10.3 Å². The van der Waals surface area contributed by atoms with Crippen molar-refractivity contribution in [3.8, 4) is 6.07 Å². The van der Waals surface area contributed by atoms with E-state index in [0.717, 1.165) is 39.4 Å². The first kappa shape index (κ1) is 12.6. The van der Waals surface area contributed by atoms with Crippen LogP contribution in [0.1, 0.15) is 4.88 Å². The fourth-order valence-electron chi connectivity index (χ4n) is 1.59. The van der Waals surface area contributed by atoms with E-state index in [2.05, 4.69) is 15.2 Å². The van der Waals surface area contributed by atoms with Gasteiger partial charge < -0.3 is 10.1 Å². The maximum Gasteiger partial charge on any atom is 0.185 e. The van der Waals surface area contributed by atoms with Gasteiger partial charge in [0.25, 0.3) is 0 Å². The predicted molar refractivity (Wildman–Crippen MR) is 67.6 cm³/mol. The van der Waals surface area contributed by atoms with Gasteiger partial charge in [-0.1, -0.05) is 22.9 Å². The molecule has 0 amide bonds. The molecule has 1 aliphatic rings. The number of anilines is 1. The Morgan fingerprint density at radius 1 is 1.53 bits per heavy atom. The van der Waals surface area contributed by atoms with Crippen molar-refractivity contribution in [2.75, 3.05) is 44.7 Å². The molecular weight excluding hydrogens is 260 g/mol. The van der Waals surface area contributed by atoms with E-state index in [1.165, 1.54) is 11.3 Å². The van der Waals surface area contributed by atoms with E-state index in [-0.39, 0.29) is 5.15 Å². The molecule has 0 aliphatic carbocycles. The SMILES string of the molecule is N#Cc1sc(NCCN2CCOCC2)nc1Cl. The maximum absolute atomic E-state index is 8.75. The van der Waals surface area contributed by atoms with Crippen LogP contribution in [-0.4, -0.2) is 49.3 Å². The number of rotatable bonds is 4. The summed E-state index contributed by atoms with van der Waals surface area (Å²) >= 11 is 7.07. The third-order valence-corrected chi connectivity index (χ3v) is 3.80. The number of ether oxygens (including phenoxy) is 1. The molecule has 1 aliphatic heterocycles. The summed E-state index contributed by atoms with van der Waals surface area (Å²) in [5, 5.41) is 12.9. The molecule has 0 unspecified atom stereocenters. The Morgan fingerprint density at radius 2 is 2.29 bits per heavy atom. The van der Waals surface area contributed by atoms with Crippen molar-refractivity contribution < 1.29 is 4.74 Å². The molecule has 2 heterocycles. The summed E-state index contributed by atoms with van der Waals surface area (Å²) in [5.41, 5.74) is 0. The number of aromatic nitrogens is 1. The van der Waals surface area contributed by atoms with Gasteiger partial charge in [0.2, 0.25) is 0 Å². The first-order valence-electron chi connectivity index (χ1n) is 5.40. The molecule has 0 saturated carbocycles. The summed E-state index contributed by atoms with van der Waals surface area (Å²) in [7, 11) is 0. The Labute approximate surface area is 109 Å². The molecule has 92 valence electrons. The fraction of sp³-hybridized carbons (Fsp3) is 0.600. The number of nitriles is 1. The summed E-state index contributed by atoms with van der Waals surface area (Å²) < 4.78 is 5.27. The third-order valence-electron chi connectivity index (χ3n) is 2.50. The number of nitrogens with one attached hydrogen (secondary N) is 1. The van der Waals surface area contributed by atoms with Crippen molar-refractivity contribution >= 4 is 28.1 Å². The topological polar surface area (TPSA) is 61.2 Å². The van der Waals surface area contributed by atoms with Crippen LogP contribution in [0.5, 0.6) is 0 Å². The number of morpholine rings is 1. The van der Waals surface area contributed by atoms with Crippen molar-refractivity contribution in [3.63, 3.8) is 0 Å². The number of halogens is 1. The number of hydrogen-bond donors (Lipinski definition) is 1. The van der Waals surface area contributed by atoms with E-state index in [1.54, 1.807) is 0 Å². The van der Waals surface area contributed by atoms with Crippen LogP contribution in [0.2, 0.25) is 5.15 Å². The average molecular weight is 273 g/mol. The lowest BCUT2D eigenvalue weighted by atomic mass is 10.4. The van der Waals surface area contributed by atoms with Crippen molar-refractivity contribution in [1.82, 2.24) is 9.88 Å². The first-order chi connectivity index (χ1) is 8.29. The van der Waals surface area contributed by atoms with Crippen molar-refractivity contribution in [3.05, 3.63) is 10.0 Å². The average Bonchev–Trinajstić information content (AvgIpc) is 2.71. The first-order valence-corrected chi connectivity index (χ1v) is 6.59. The van der Waals surface area contributed by atoms with Crippen LogP contribution in [0.3, 0.4) is 0 Å². The van der Waals surface area contributed by atoms with Gasteiger partial charge in [0.05, 0.1) is 13.2 Å². The van der Waals surface area contributed by atoms with Gasteiger partial charge >= 0.3 is 0 Å². The Hall–Kier alpha value is -0.870. The molecule has 0 spiro atoms. The van der Waals surface area contributed by atoms with Crippen LogP contribution < -0.4 is 5.32 Å². The Balaban J connectivity index is 1.75. The zero-order valence-electron chi connectivity index (χ0n) is 9.28. The van der Waals surface area contributed by atoms with Crippen molar-refractivity contribution in [2.24, 2.45) is 0 Å². The van der Waals surface area contributed by atoms with Gasteiger partial charge in [-0.05, 0) is 0 Å². The lowest BCUT2D eigenvalue weighted by molar-refractivity contribution is 0.0398. The van der Waals surface area contributed by atoms with Crippen LogP contribution in [0.15, 0.2) is 0 Å². The van der Waals surface area contributed by atoms with Crippen LogP contribution in [-0.2, 0) is 4.74 Å². The second-order valence-corrected chi connectivity index (χ2v) is 4.99. The van der Waals surface area contributed by atoms with E-state index >= 15 is 0 Å². The quantitative estimate of drug-likeness (QED) is 0.898. The highest BCUT2D eigenvalue weighted by Gasteiger charge is 2.11. The van der Waals surface area contributed by atoms with E-state index < -0.39 is 0 Å². The summed E-state index contributed by atoms with van der Waals surface area (Å²) in [6.07, 6.45) is 0. The molecule has 7 heteroatoms. The highest BCUT2D eigenvalue weighted by Crippen LogP contribution is 2.25. The number of nitrogens with zero attached hydrogens (tertiary/aromatic N) is 3. The summed E-state index contributed by atoms with van der Waals surface area (Å²) in [6.45, 7) is 5.31. The van der Waals surface area contributed by atoms with Gasteiger partial charge in [-0.2, -0.15) is 5.26 Å². The zero-order valence-corrected chi connectivity index (χ0v) is 10.9. The highest BCUT2D eigenvalue weighted by molar-refractivity contribution is 7.16. The molecule has 1 aromatic rings. The maximum atomic E-state index is 8.75. The van der Waals surface area contributed by atoms with E-state index in [9.17, 15) is 0 Å². The van der Waals surface area contributed by atoms with Crippen LogP contribution in [0, 0.1) is 11.3 Å². The van der Waals surface area contributed by atoms with Gasteiger partial charge in [0.1, 0.15) is 10.9 Å². The summed E-state index contributed by atoms with van der Waals surface area (Å²) in [4.78, 5) is 6.86. The van der Waals surface area contributed by atoms with Gasteiger partial charge in [-0.3, -0.25) is 4.90 Å². The van der Waals surface area contributed by atoms with E-state index in [4.69, 9.17) is 21.6 Å². The van der Waals surface area contributed by atoms with Gasteiger partial charge in [0, 0.05) is 26.2 Å². The molecule has 0 atom stereocenters. The summed E-state index contributed by atoms with van der Waals surface area (Å²) in [5.74, 6) is 0. The zero-order chi connectivity index (χ0) is 12.1. The monoisotopic (exact) mass is 272 g/mol. The number of thiazole rings is 1. The second kappa shape index (κ2) is 6.17. The Morgan fingerprint density at radius 3 is 2.94 bits per heavy atom. The molecule has 2 rings (SSSR count). The number of hydrogen-bond acceptors (Lipinski definition) is 6. The summed E-state index contributed by atoms with van der Waals surface area (Å²) in [6, 6.07) is 2.01. The fourth-order valence-corrected chi connectivity index (χ4v) is 2.56. The van der Waals surface area contributed by atoms with E-state index in [0.29, 0.717) is 10.0 Å². The Bertz CT molecular complexity index is 411. The van der Waals surface area contributed by atoms with Crippen LogP contribution >= 0.6 is 22.9 Å². The molecule has 1 saturated heterocycles. The molecule has 0 bridgehead atoms. The standard InChI is InChI=1S/C10H13ClN4OS/c11-9-8(7-12)17-10(14-9)13-1-2-15-3-5-16-6-4-15/h1-6H2,(H,13,14). The molecule has 1 fully saturated rings. The third kappa shape index (κ3) is 3.54.